The van der Waals surface area contributed by atoms with E-state index in [1.807, 2.05) is 0 Å². The third-order valence-electron chi connectivity index (χ3n) is 2.01. The number of halogens is 1. The molecule has 0 saturated heterocycles. The van der Waals surface area contributed by atoms with Gasteiger partial charge in [-0.05, 0) is 19.8 Å². The van der Waals surface area contributed by atoms with Crippen LogP contribution in [0.5, 0.6) is 0 Å². The monoisotopic (exact) mass is 211 g/mol. The molecular weight excluding hydrogens is 202 g/mol. The van der Waals surface area contributed by atoms with Crippen LogP contribution in [0.1, 0.15) is 18.7 Å². The Balaban J connectivity index is 2.11. The molecule has 0 aromatic carbocycles. The Hall–Kier alpha value is -1.16. The van der Waals surface area contributed by atoms with Crippen molar-refractivity contribution in [2.75, 3.05) is 5.32 Å². The predicted molar refractivity (Wildman–Crippen MR) is 53.1 cm³/mol. The van der Waals surface area contributed by atoms with Crippen molar-refractivity contribution in [1.29, 1.82) is 0 Å². The lowest BCUT2D eigenvalue weighted by Crippen LogP contribution is -2.14. The van der Waals surface area contributed by atoms with Crippen LogP contribution >= 0.6 is 11.6 Å². The second kappa shape index (κ2) is 3.53. The summed E-state index contributed by atoms with van der Waals surface area (Å²) < 4.78 is 0. The van der Waals surface area contributed by atoms with Crippen LogP contribution in [0.3, 0.4) is 0 Å². The minimum Gasteiger partial charge on any atom is -0.310 e. The molecule has 4 nitrogen and oxygen atoms in total. The van der Waals surface area contributed by atoms with E-state index in [1.54, 1.807) is 13.0 Å². The Morgan fingerprint density at radius 2 is 2.29 bits per heavy atom. The van der Waals surface area contributed by atoms with Gasteiger partial charge in [0.05, 0.1) is 0 Å². The zero-order valence-corrected chi connectivity index (χ0v) is 8.51. The van der Waals surface area contributed by atoms with E-state index in [9.17, 15) is 4.79 Å². The van der Waals surface area contributed by atoms with E-state index in [2.05, 4.69) is 15.3 Å². The summed E-state index contributed by atoms with van der Waals surface area (Å²) in [5, 5.41) is 3.06. The van der Waals surface area contributed by atoms with Gasteiger partial charge in [0.1, 0.15) is 16.8 Å². The van der Waals surface area contributed by atoms with Crippen LogP contribution in [-0.4, -0.2) is 15.9 Å². The van der Waals surface area contributed by atoms with E-state index in [4.69, 9.17) is 11.6 Å². The molecule has 74 valence electrons. The first kappa shape index (κ1) is 9.40. The summed E-state index contributed by atoms with van der Waals surface area (Å²) in [5.41, 5.74) is 0. The lowest BCUT2D eigenvalue weighted by Gasteiger charge is -2.03. The van der Waals surface area contributed by atoms with Gasteiger partial charge in [0.2, 0.25) is 5.91 Å². The zero-order valence-electron chi connectivity index (χ0n) is 7.75. The van der Waals surface area contributed by atoms with E-state index >= 15 is 0 Å². The second-order valence-corrected chi connectivity index (χ2v) is 3.77. The van der Waals surface area contributed by atoms with Crippen molar-refractivity contribution in [3.05, 3.63) is 17.0 Å². The van der Waals surface area contributed by atoms with Gasteiger partial charge in [0.25, 0.3) is 0 Å². The molecule has 0 bridgehead atoms. The quantitative estimate of drug-likeness (QED) is 0.759. The van der Waals surface area contributed by atoms with E-state index in [-0.39, 0.29) is 11.8 Å². The van der Waals surface area contributed by atoms with Crippen LogP contribution in [0.25, 0.3) is 0 Å². The molecule has 1 aromatic heterocycles. The maximum absolute atomic E-state index is 11.4. The summed E-state index contributed by atoms with van der Waals surface area (Å²) in [6, 6.07) is 1.55. The summed E-state index contributed by atoms with van der Waals surface area (Å²) in [7, 11) is 0. The molecule has 1 aliphatic rings. The van der Waals surface area contributed by atoms with Gasteiger partial charge < -0.3 is 5.32 Å². The van der Waals surface area contributed by atoms with Crippen molar-refractivity contribution in [3.8, 4) is 0 Å². The van der Waals surface area contributed by atoms with E-state index in [0.717, 1.165) is 12.8 Å². The first-order chi connectivity index (χ1) is 6.65. The average Bonchev–Trinajstić information content (AvgIpc) is 2.82. The highest BCUT2D eigenvalue weighted by Gasteiger charge is 2.29. The fraction of sp³-hybridized carbons (Fsp3) is 0.444. The number of nitrogens with one attached hydrogen (secondary N) is 1. The van der Waals surface area contributed by atoms with Crippen molar-refractivity contribution >= 4 is 23.3 Å². The highest BCUT2D eigenvalue weighted by molar-refractivity contribution is 6.29. The van der Waals surface area contributed by atoms with Gasteiger partial charge in [-0.15, -0.1) is 0 Å². The molecule has 1 amide bonds. The largest absolute Gasteiger partial charge is 0.310 e. The highest BCUT2D eigenvalue weighted by atomic mass is 35.5. The smallest absolute Gasteiger partial charge is 0.228 e. The van der Waals surface area contributed by atoms with Crippen molar-refractivity contribution in [2.45, 2.75) is 19.8 Å². The van der Waals surface area contributed by atoms with Crippen LogP contribution in [-0.2, 0) is 4.79 Å². The lowest BCUT2D eigenvalue weighted by atomic mass is 10.4. The fourth-order valence-corrected chi connectivity index (χ4v) is 1.39. The number of hydrogen-bond donors (Lipinski definition) is 1. The number of carbonyl (C=O) groups excluding carboxylic acids is 1. The van der Waals surface area contributed by atoms with Crippen LogP contribution in [0, 0.1) is 12.8 Å². The predicted octanol–water partition coefficient (Wildman–Crippen LogP) is 1.79. The number of aromatic nitrogens is 2. The SMILES string of the molecule is Cc1nc(Cl)cc(NC(=O)C2CC2)n1. The molecule has 14 heavy (non-hydrogen) atoms. The molecule has 2 rings (SSSR count). The third kappa shape index (κ3) is 2.20. The van der Waals surface area contributed by atoms with Gasteiger partial charge in [0, 0.05) is 12.0 Å². The van der Waals surface area contributed by atoms with Crippen molar-refractivity contribution in [1.82, 2.24) is 9.97 Å². The summed E-state index contributed by atoms with van der Waals surface area (Å²) in [4.78, 5) is 19.3. The molecule has 0 unspecified atom stereocenters. The normalized spacial score (nSPS) is 15.3. The second-order valence-electron chi connectivity index (χ2n) is 3.39. The van der Waals surface area contributed by atoms with Crippen LogP contribution in [0.15, 0.2) is 6.07 Å². The molecule has 1 fully saturated rings. The fourth-order valence-electron chi connectivity index (χ4n) is 1.17. The van der Waals surface area contributed by atoms with Crippen LogP contribution < -0.4 is 5.32 Å². The number of carbonyl (C=O) groups is 1. The average molecular weight is 212 g/mol. The lowest BCUT2D eigenvalue weighted by molar-refractivity contribution is -0.117. The van der Waals surface area contributed by atoms with E-state index in [0.29, 0.717) is 16.8 Å². The standard InChI is InChI=1S/C9H10ClN3O/c1-5-11-7(10)4-8(12-5)13-9(14)6-2-3-6/h4,6H,2-3H2,1H3,(H,11,12,13,14). The third-order valence-corrected chi connectivity index (χ3v) is 2.20. The Bertz CT molecular complexity index is 356. The highest BCUT2D eigenvalue weighted by Crippen LogP contribution is 2.30. The molecule has 1 aliphatic carbocycles. The van der Waals surface area contributed by atoms with Gasteiger partial charge in [-0.2, -0.15) is 0 Å². The number of amides is 1. The van der Waals surface area contributed by atoms with Gasteiger partial charge in [-0.1, -0.05) is 11.6 Å². The molecule has 0 aliphatic heterocycles. The van der Waals surface area contributed by atoms with Crippen LogP contribution in [0.4, 0.5) is 5.82 Å². The number of hydrogen-bond acceptors (Lipinski definition) is 3. The molecule has 0 spiro atoms. The summed E-state index contributed by atoms with van der Waals surface area (Å²) in [6.07, 6.45) is 1.95. The van der Waals surface area contributed by atoms with Gasteiger partial charge in [-0.3, -0.25) is 4.79 Å². The number of nitrogens with zero attached hydrogens (tertiary/aromatic N) is 2. The maximum atomic E-state index is 11.4. The Kier molecular flexibility index (Phi) is 2.37. The summed E-state index contributed by atoms with van der Waals surface area (Å²) in [6.45, 7) is 1.73. The van der Waals surface area contributed by atoms with E-state index in [1.165, 1.54) is 0 Å². The topological polar surface area (TPSA) is 54.9 Å². The molecule has 1 saturated carbocycles. The Labute approximate surface area is 86.7 Å². The van der Waals surface area contributed by atoms with Crippen molar-refractivity contribution < 1.29 is 4.79 Å². The van der Waals surface area contributed by atoms with Gasteiger partial charge in [0.15, 0.2) is 0 Å². The molecule has 1 aromatic rings. The minimum absolute atomic E-state index is 0.0270. The molecule has 0 radical (unpaired) electrons. The van der Waals surface area contributed by atoms with Crippen molar-refractivity contribution in [3.63, 3.8) is 0 Å². The van der Waals surface area contributed by atoms with Gasteiger partial charge >= 0.3 is 0 Å². The molecule has 0 atom stereocenters. The Morgan fingerprint density at radius 3 is 2.86 bits per heavy atom. The number of anilines is 1. The molecular formula is C9H10ClN3O. The maximum Gasteiger partial charge on any atom is 0.228 e. The molecule has 5 heteroatoms. The first-order valence-electron chi connectivity index (χ1n) is 4.47. The van der Waals surface area contributed by atoms with Crippen molar-refractivity contribution in [2.24, 2.45) is 5.92 Å². The zero-order chi connectivity index (χ0) is 10.1. The molecule has 1 heterocycles. The Morgan fingerprint density at radius 1 is 1.57 bits per heavy atom. The van der Waals surface area contributed by atoms with E-state index < -0.39 is 0 Å². The summed E-state index contributed by atoms with van der Waals surface area (Å²) in [5.74, 6) is 1.24. The minimum atomic E-state index is 0.0270. The summed E-state index contributed by atoms with van der Waals surface area (Å²) >= 11 is 5.73. The number of rotatable bonds is 2. The first-order valence-corrected chi connectivity index (χ1v) is 4.85. The number of aryl methyl sites for hydroxylation is 1. The van der Waals surface area contributed by atoms with Gasteiger partial charge in [-0.25, -0.2) is 9.97 Å². The molecule has 1 N–H and O–H groups in total. The van der Waals surface area contributed by atoms with Crippen LogP contribution in [0.2, 0.25) is 5.15 Å².